The fraction of sp³-hybridized carbons (Fsp3) is 0.303. The summed E-state index contributed by atoms with van der Waals surface area (Å²) in [5.74, 6) is 5.65. The Balaban J connectivity index is 1.72. The highest BCUT2D eigenvalue weighted by Crippen LogP contribution is 2.30. The molecule has 0 saturated heterocycles. The maximum Gasteiger partial charge on any atom is 0.413 e. The third-order valence-electron chi connectivity index (χ3n) is 6.29. The van der Waals surface area contributed by atoms with E-state index < -0.39 is 27.7 Å². The highest BCUT2D eigenvalue weighted by molar-refractivity contribution is 7.92. The number of anilines is 2. The van der Waals surface area contributed by atoms with E-state index >= 15 is 0 Å². The number of sulfonamides is 1. The number of rotatable bonds is 9. The van der Waals surface area contributed by atoms with Crippen molar-refractivity contribution in [3.8, 4) is 11.8 Å². The molecule has 0 fully saturated rings. The molecule has 0 aliphatic heterocycles. The summed E-state index contributed by atoms with van der Waals surface area (Å²) in [5, 5.41) is 13.7. The van der Waals surface area contributed by atoms with Gasteiger partial charge in [-0.25, -0.2) is 13.2 Å². The summed E-state index contributed by atoms with van der Waals surface area (Å²) in [7, 11) is -2.68. The molecule has 44 heavy (non-hydrogen) atoms. The van der Waals surface area contributed by atoms with Gasteiger partial charge in [0.2, 0.25) is 0 Å². The van der Waals surface area contributed by atoms with Crippen LogP contribution in [0.25, 0.3) is 0 Å². The van der Waals surface area contributed by atoms with Gasteiger partial charge >= 0.3 is 12.1 Å². The van der Waals surface area contributed by atoms with Crippen molar-refractivity contribution >= 4 is 39.3 Å². The second-order valence-electron chi connectivity index (χ2n) is 10.9. The first kappa shape index (κ1) is 33.7. The van der Waals surface area contributed by atoms with Gasteiger partial charge in [0.25, 0.3) is 10.0 Å². The van der Waals surface area contributed by atoms with Crippen molar-refractivity contribution in [3.63, 3.8) is 0 Å². The minimum absolute atomic E-state index is 0.0692. The number of methoxy groups -OCH3 is 1. The predicted octanol–water partition coefficient (Wildman–Crippen LogP) is 5.38. The first-order valence-corrected chi connectivity index (χ1v) is 15.3. The molecule has 0 spiro atoms. The van der Waals surface area contributed by atoms with E-state index in [4.69, 9.17) is 14.9 Å². The fourth-order valence-electron chi connectivity index (χ4n) is 4.11. The molecule has 11 heteroatoms. The van der Waals surface area contributed by atoms with E-state index in [9.17, 15) is 18.0 Å². The van der Waals surface area contributed by atoms with Crippen molar-refractivity contribution < 1.29 is 27.5 Å². The number of alkyl carbamates (subject to hydrolysis) is 1. The minimum atomic E-state index is -3.94. The second kappa shape index (κ2) is 14.6. The SMILES string of the molecule is COC(=O)CCN(c1cc(C)c(C#CCNc2ccc(C(=N)NC(=O)OC(C)(C)C)cc2)cc1C)S(=O)(=O)c1ccccc1. The zero-order chi connectivity index (χ0) is 32.5. The van der Waals surface area contributed by atoms with Gasteiger partial charge in [0.1, 0.15) is 11.4 Å². The molecule has 1 amide bonds. The lowest BCUT2D eigenvalue weighted by Gasteiger charge is -2.26. The zero-order valence-electron chi connectivity index (χ0n) is 25.8. The third-order valence-corrected chi connectivity index (χ3v) is 8.12. The van der Waals surface area contributed by atoms with Crippen LogP contribution in [-0.2, 0) is 24.3 Å². The number of hydrogen-bond acceptors (Lipinski definition) is 8. The quantitative estimate of drug-likeness (QED) is 0.127. The first-order chi connectivity index (χ1) is 20.7. The Morgan fingerprint density at radius 3 is 2.25 bits per heavy atom. The van der Waals surface area contributed by atoms with Crippen LogP contribution in [0.3, 0.4) is 0 Å². The summed E-state index contributed by atoms with van der Waals surface area (Å²) >= 11 is 0. The van der Waals surface area contributed by atoms with Gasteiger partial charge in [-0.2, -0.15) is 0 Å². The average molecular weight is 619 g/mol. The van der Waals surface area contributed by atoms with Gasteiger partial charge in [-0.3, -0.25) is 19.8 Å². The monoisotopic (exact) mass is 618 g/mol. The van der Waals surface area contributed by atoms with Gasteiger partial charge in [-0.1, -0.05) is 30.0 Å². The largest absolute Gasteiger partial charge is 0.469 e. The van der Waals surface area contributed by atoms with Crippen LogP contribution in [-0.4, -0.2) is 52.1 Å². The molecule has 0 saturated carbocycles. The van der Waals surface area contributed by atoms with E-state index in [0.717, 1.165) is 16.8 Å². The molecule has 0 radical (unpaired) electrons. The molecule has 3 N–H and O–H groups in total. The normalized spacial score (nSPS) is 11.0. The first-order valence-electron chi connectivity index (χ1n) is 13.9. The van der Waals surface area contributed by atoms with Gasteiger partial charge in [-0.15, -0.1) is 0 Å². The zero-order valence-corrected chi connectivity index (χ0v) is 26.6. The number of aryl methyl sites for hydroxylation is 2. The van der Waals surface area contributed by atoms with Crippen LogP contribution in [0.4, 0.5) is 16.2 Å². The number of carbonyl (C=O) groups excluding carboxylic acids is 2. The standard InChI is InChI=1S/C33H38N4O6S/c1-23-22-29(37(20-18-30(38)42-6)44(40,41)28-12-8-7-9-13-28)24(2)21-26(23)11-10-19-35-27-16-14-25(15-17-27)31(34)36-32(39)43-33(3,4)5/h7-9,12-17,21-22,35H,18-20H2,1-6H3,(H2,34,36,39). The maximum absolute atomic E-state index is 13.6. The summed E-state index contributed by atoms with van der Waals surface area (Å²) in [6.07, 6.45) is -0.790. The Kier molecular flexibility index (Phi) is 11.2. The number of esters is 1. The van der Waals surface area contributed by atoms with Crippen LogP contribution in [0.1, 0.15) is 49.4 Å². The van der Waals surface area contributed by atoms with E-state index in [1.807, 2.05) is 13.0 Å². The lowest BCUT2D eigenvalue weighted by Crippen LogP contribution is -2.36. The van der Waals surface area contributed by atoms with Crippen LogP contribution in [0.5, 0.6) is 0 Å². The number of hydrogen-bond donors (Lipinski definition) is 3. The molecule has 0 bridgehead atoms. The Hall–Kier alpha value is -4.82. The van der Waals surface area contributed by atoms with Gasteiger partial charge in [0.15, 0.2) is 0 Å². The van der Waals surface area contributed by atoms with Crippen LogP contribution >= 0.6 is 0 Å². The summed E-state index contributed by atoms with van der Waals surface area (Å²) in [4.78, 5) is 23.9. The summed E-state index contributed by atoms with van der Waals surface area (Å²) in [6, 6.07) is 18.7. The maximum atomic E-state index is 13.6. The number of ether oxygens (including phenoxy) is 2. The number of nitrogens with zero attached hydrogens (tertiary/aromatic N) is 1. The van der Waals surface area contributed by atoms with Gasteiger partial charge in [0, 0.05) is 23.4 Å². The molecule has 0 atom stereocenters. The van der Waals surface area contributed by atoms with E-state index in [0.29, 0.717) is 23.4 Å². The highest BCUT2D eigenvalue weighted by Gasteiger charge is 2.27. The summed E-state index contributed by atoms with van der Waals surface area (Å²) < 4.78 is 38.3. The van der Waals surface area contributed by atoms with Crippen molar-refractivity contribution in [2.75, 3.05) is 29.8 Å². The molecule has 0 unspecified atom stereocenters. The summed E-state index contributed by atoms with van der Waals surface area (Å²) in [6.45, 7) is 9.17. The molecule has 3 rings (SSSR count). The van der Waals surface area contributed by atoms with Crippen LogP contribution in [0.15, 0.2) is 71.6 Å². The van der Waals surface area contributed by atoms with E-state index in [1.165, 1.54) is 23.5 Å². The van der Waals surface area contributed by atoms with Gasteiger partial charge in [0.05, 0.1) is 30.7 Å². The molecule has 232 valence electrons. The Bertz CT molecular complexity index is 1670. The van der Waals surface area contributed by atoms with Crippen molar-refractivity contribution in [1.82, 2.24) is 5.32 Å². The highest BCUT2D eigenvalue weighted by atomic mass is 32.2. The van der Waals surface area contributed by atoms with E-state index in [-0.39, 0.29) is 23.7 Å². The average Bonchev–Trinajstić information content (AvgIpc) is 2.96. The molecule has 0 aliphatic carbocycles. The smallest absolute Gasteiger partial charge is 0.413 e. The Morgan fingerprint density at radius 1 is 0.977 bits per heavy atom. The van der Waals surface area contributed by atoms with Crippen molar-refractivity contribution in [2.45, 2.75) is 51.5 Å². The molecule has 0 heterocycles. The minimum Gasteiger partial charge on any atom is -0.469 e. The number of nitrogens with one attached hydrogen (secondary N) is 3. The predicted molar refractivity (Wildman–Crippen MR) is 172 cm³/mol. The molecule has 10 nitrogen and oxygen atoms in total. The molecule has 3 aromatic rings. The fourth-order valence-corrected chi connectivity index (χ4v) is 5.65. The number of amides is 1. The topological polar surface area (TPSA) is 138 Å². The lowest BCUT2D eigenvalue weighted by molar-refractivity contribution is -0.140. The summed E-state index contributed by atoms with van der Waals surface area (Å²) in [5.41, 5.74) is 3.33. The molecule has 3 aromatic carbocycles. The van der Waals surface area contributed by atoms with Crippen LogP contribution < -0.4 is 14.9 Å². The molecular formula is C33H38N4O6S. The molecule has 0 aliphatic rings. The van der Waals surface area contributed by atoms with Gasteiger partial charge < -0.3 is 14.8 Å². The molecular weight excluding hydrogens is 580 g/mol. The van der Waals surface area contributed by atoms with E-state index in [1.54, 1.807) is 76.2 Å². The Labute approximate surface area is 259 Å². The Morgan fingerprint density at radius 2 is 1.64 bits per heavy atom. The molecule has 0 aromatic heterocycles. The lowest BCUT2D eigenvalue weighted by atomic mass is 10.0. The number of benzene rings is 3. The van der Waals surface area contributed by atoms with Crippen molar-refractivity contribution in [2.24, 2.45) is 0 Å². The van der Waals surface area contributed by atoms with Crippen molar-refractivity contribution in [1.29, 1.82) is 5.41 Å². The van der Waals surface area contributed by atoms with E-state index in [2.05, 4.69) is 22.5 Å². The third kappa shape index (κ3) is 9.34. The second-order valence-corrected chi connectivity index (χ2v) is 12.8. The van der Waals surface area contributed by atoms with Gasteiger partial charge in [-0.05, 0) is 94.3 Å². The van der Waals surface area contributed by atoms with Crippen LogP contribution in [0.2, 0.25) is 0 Å². The van der Waals surface area contributed by atoms with Crippen LogP contribution in [0, 0.1) is 31.1 Å². The number of amidine groups is 1. The van der Waals surface area contributed by atoms with Crippen molar-refractivity contribution in [3.05, 3.63) is 89.0 Å². The number of carbonyl (C=O) groups is 2.